The van der Waals surface area contributed by atoms with Gasteiger partial charge in [0, 0.05) is 40.3 Å². The van der Waals surface area contributed by atoms with E-state index >= 15 is 0 Å². The van der Waals surface area contributed by atoms with Crippen molar-refractivity contribution in [2.75, 3.05) is 13.2 Å². The predicted molar refractivity (Wildman–Crippen MR) is 311 cm³/mol. The largest absolute Gasteiger partial charge is 0.394 e. The Labute approximate surface area is 449 Å². The molecule has 18 heteroatoms. The van der Waals surface area contributed by atoms with Crippen molar-refractivity contribution in [1.82, 2.24) is 4.98 Å². The number of halogens is 1. The highest BCUT2D eigenvalue weighted by molar-refractivity contribution is 5.99. The molecule has 10 N–H and O–H groups in total. The van der Waals surface area contributed by atoms with Crippen LogP contribution in [0.5, 0.6) is 0 Å². The Balaban J connectivity index is -0.000000192. The zero-order valence-corrected chi connectivity index (χ0v) is 50.2. The molecule has 438 valence electrons. The van der Waals surface area contributed by atoms with Crippen LogP contribution in [0.1, 0.15) is 206 Å². The van der Waals surface area contributed by atoms with Gasteiger partial charge in [-0.25, -0.2) is 4.39 Å². The van der Waals surface area contributed by atoms with E-state index in [9.17, 15) is 35.0 Å². The fraction of sp³-hybridized carbons (Fsp3) is 0.804. The van der Waals surface area contributed by atoms with Crippen LogP contribution >= 0.6 is 0 Å². The van der Waals surface area contributed by atoms with Crippen molar-refractivity contribution in [1.29, 1.82) is 0 Å². The van der Waals surface area contributed by atoms with Crippen LogP contribution in [0.15, 0.2) is 48.4 Å². The number of hydrogen-bond acceptors (Lipinski definition) is 17. The summed E-state index contributed by atoms with van der Waals surface area (Å²) in [6.07, 6.45) is -5.26. The molecule has 17 nitrogen and oxygen atoms in total. The van der Waals surface area contributed by atoms with Gasteiger partial charge in [-0.1, -0.05) is 20.8 Å². The number of aromatic nitrogens is 1. The number of nitrogens with zero attached hydrogens (tertiary/aromatic N) is 7. The molecule has 74 heavy (non-hydrogen) atoms. The molecular formula is C56H112FN7O10. The average molecular weight is 1060 g/mol. The van der Waals surface area contributed by atoms with Gasteiger partial charge in [0.2, 0.25) is 0 Å². The SMILES string of the molecule is C.CC(=NC(C)(C)C)[C@@H](O)[C@@H](O)[C@H](O)[C@H](O)CO.CC(=NC(C)(C)C)[C@H](O)[C@@H](O)[C@H](O)[C@H](O)CO.CC(=NC(C)(C)C)c1ccncc1F.CC(C)=NC(C)(C)C.CC=NC(C)(C)C.CCCC(C)=NC(C)(C)C. The number of aliphatic hydroxyl groups is 10. The molecule has 1 aromatic rings. The molecule has 0 fully saturated rings. The summed E-state index contributed by atoms with van der Waals surface area (Å²) in [6, 6.07) is 1.64. The van der Waals surface area contributed by atoms with Gasteiger partial charge in [-0.2, -0.15) is 0 Å². The number of aliphatic imine (C=N–C) groups is 6. The van der Waals surface area contributed by atoms with Crippen molar-refractivity contribution in [2.24, 2.45) is 30.0 Å². The van der Waals surface area contributed by atoms with Crippen LogP contribution in [0.25, 0.3) is 0 Å². The second-order valence-corrected chi connectivity index (χ2v) is 24.0. The Bertz CT molecular complexity index is 1750. The molecule has 0 bridgehead atoms. The molecular weight excluding hydrogens is 950 g/mol. The molecule has 0 saturated carbocycles. The molecule has 0 aliphatic carbocycles. The molecule has 0 unspecified atom stereocenters. The highest BCUT2D eigenvalue weighted by atomic mass is 19.1. The molecule has 0 saturated heterocycles. The summed E-state index contributed by atoms with van der Waals surface area (Å²) in [4.78, 5) is 29.4. The van der Waals surface area contributed by atoms with Gasteiger partial charge in [-0.15, -0.1) is 0 Å². The first kappa shape index (κ1) is 82.0. The van der Waals surface area contributed by atoms with Gasteiger partial charge in [-0.3, -0.25) is 34.9 Å². The summed E-state index contributed by atoms with van der Waals surface area (Å²) in [6.45, 7) is 49.6. The van der Waals surface area contributed by atoms with Gasteiger partial charge < -0.3 is 51.1 Å². The molecule has 0 amide bonds. The highest BCUT2D eigenvalue weighted by Crippen LogP contribution is 2.15. The van der Waals surface area contributed by atoms with E-state index in [0.29, 0.717) is 11.3 Å². The highest BCUT2D eigenvalue weighted by Gasteiger charge is 2.33. The minimum Gasteiger partial charge on any atom is -0.394 e. The predicted octanol–water partition coefficient (Wildman–Crippen LogP) is 8.01. The maximum atomic E-state index is 13.3. The van der Waals surface area contributed by atoms with E-state index in [1.54, 1.807) is 12.3 Å². The van der Waals surface area contributed by atoms with Crippen LogP contribution in [0.2, 0.25) is 0 Å². The molecule has 8 atom stereocenters. The third-order valence-corrected chi connectivity index (χ3v) is 8.27. The minimum atomic E-state index is -1.62. The summed E-state index contributed by atoms with van der Waals surface area (Å²) < 4.78 is 13.3. The van der Waals surface area contributed by atoms with Crippen molar-refractivity contribution < 1.29 is 55.5 Å². The Hall–Kier alpha value is -3.30. The van der Waals surface area contributed by atoms with Crippen LogP contribution < -0.4 is 0 Å². The van der Waals surface area contributed by atoms with Gasteiger partial charge in [0.15, 0.2) is 0 Å². The summed E-state index contributed by atoms with van der Waals surface area (Å²) in [5.74, 6) is -0.321. The third-order valence-electron chi connectivity index (χ3n) is 8.27. The number of aliphatic hydroxyl groups excluding tert-OH is 10. The maximum absolute atomic E-state index is 13.3. The van der Waals surface area contributed by atoms with Crippen LogP contribution in [-0.4, -0.2) is 186 Å². The molecule has 0 spiro atoms. The molecule has 0 aromatic carbocycles. The van der Waals surface area contributed by atoms with E-state index in [-0.39, 0.29) is 46.8 Å². The lowest BCUT2D eigenvalue weighted by Gasteiger charge is -2.26. The normalized spacial score (nSPS) is 16.4. The molecule has 0 radical (unpaired) electrons. The van der Waals surface area contributed by atoms with Gasteiger partial charge >= 0.3 is 0 Å². The summed E-state index contributed by atoms with van der Waals surface area (Å²) in [5, 5.41) is 93.1. The quantitative estimate of drug-likeness (QED) is 0.0844. The molecule has 0 aliphatic rings. The summed E-state index contributed by atoms with van der Waals surface area (Å²) in [7, 11) is 0. The summed E-state index contributed by atoms with van der Waals surface area (Å²) >= 11 is 0. The van der Waals surface area contributed by atoms with Gasteiger partial charge in [0.05, 0.1) is 52.6 Å². The van der Waals surface area contributed by atoms with E-state index in [2.05, 4.69) is 111 Å². The first-order chi connectivity index (χ1) is 32.5. The van der Waals surface area contributed by atoms with Crippen molar-refractivity contribution in [3.63, 3.8) is 0 Å². The lowest BCUT2D eigenvalue weighted by Crippen LogP contribution is -2.48. The smallest absolute Gasteiger partial charge is 0.150 e. The van der Waals surface area contributed by atoms with Crippen LogP contribution in [0.4, 0.5) is 4.39 Å². The minimum absolute atomic E-state index is 0. The van der Waals surface area contributed by atoms with E-state index in [0.717, 1.165) is 12.1 Å². The van der Waals surface area contributed by atoms with E-state index < -0.39 is 73.1 Å². The maximum Gasteiger partial charge on any atom is 0.150 e. The van der Waals surface area contributed by atoms with E-state index in [1.807, 2.05) is 96.2 Å². The van der Waals surface area contributed by atoms with E-state index in [1.165, 1.54) is 32.2 Å². The molecule has 1 rings (SSSR count). The van der Waals surface area contributed by atoms with Crippen LogP contribution in [0, 0.1) is 5.82 Å². The lowest BCUT2D eigenvalue weighted by molar-refractivity contribution is -0.101. The Morgan fingerprint density at radius 1 is 0.541 bits per heavy atom. The second kappa shape index (κ2) is 38.3. The number of hydrogen-bond donors (Lipinski definition) is 10. The van der Waals surface area contributed by atoms with Gasteiger partial charge in [0.1, 0.15) is 54.6 Å². The van der Waals surface area contributed by atoms with Gasteiger partial charge in [-0.05, 0) is 192 Å². The van der Waals surface area contributed by atoms with E-state index in [4.69, 9.17) is 20.4 Å². The number of pyridine rings is 1. The second-order valence-electron chi connectivity index (χ2n) is 24.0. The van der Waals surface area contributed by atoms with Crippen LogP contribution in [0.3, 0.4) is 0 Å². The Morgan fingerprint density at radius 2 is 0.878 bits per heavy atom. The first-order valence-corrected chi connectivity index (χ1v) is 25.1. The topological polar surface area (TPSA) is 289 Å². The molecule has 1 aromatic heterocycles. The van der Waals surface area contributed by atoms with Gasteiger partial charge in [0.25, 0.3) is 0 Å². The average Bonchev–Trinajstić information content (AvgIpc) is 3.18. The number of rotatable bonds is 13. The monoisotopic (exact) mass is 1060 g/mol. The van der Waals surface area contributed by atoms with Crippen molar-refractivity contribution in [3.05, 3.63) is 29.8 Å². The fourth-order valence-corrected chi connectivity index (χ4v) is 6.01. The zero-order valence-electron chi connectivity index (χ0n) is 50.2. The summed E-state index contributed by atoms with van der Waals surface area (Å²) in [5.41, 5.74) is 3.51. The molecule has 0 aliphatic heterocycles. The Morgan fingerprint density at radius 3 is 1.09 bits per heavy atom. The standard InChI is InChI=1S/C11H15FN2.2C11H23NO5.C9H19N.C7H15N.C6H13N.CH4/c1-8(14-11(2,3)4)9-5-6-13-7-10(9)12;2*1-6(12-11(2,3)4)8(15)10(17)9(16)7(14)5-13;1-6-7-8(2)10-9(3,4)5;1-6(2)8-7(3,4)5;1-5-7-6(2,3)4;/h5-7H,1-4H3;2*7-10,13-17H,5H2,1-4H3;6-7H2,1-5H3;1-5H3;5H,1-4H3;1H4/t;7-,8+,9-,10-;7-,8-,9-,10-;;;;/m.11..../s1. The third kappa shape index (κ3) is 49.6. The van der Waals surface area contributed by atoms with Crippen molar-refractivity contribution >= 4 is 34.8 Å². The zero-order chi connectivity index (χ0) is 59.3. The van der Waals surface area contributed by atoms with Crippen LogP contribution in [-0.2, 0) is 0 Å². The lowest BCUT2D eigenvalue weighted by atomic mass is 9.99. The first-order valence-electron chi connectivity index (χ1n) is 25.1. The Kier molecular flexibility index (Phi) is 42.4. The molecule has 1 heterocycles. The van der Waals surface area contributed by atoms with Crippen molar-refractivity contribution in [3.8, 4) is 0 Å². The van der Waals surface area contributed by atoms with Crippen molar-refractivity contribution in [2.45, 2.75) is 282 Å². The fourth-order valence-electron chi connectivity index (χ4n) is 6.01.